The average Bonchev–Trinajstić information content (AvgIpc) is 2.64. The average molecular weight is 207 g/mol. The van der Waals surface area contributed by atoms with Crippen LogP contribution in [0.3, 0.4) is 0 Å². The molecule has 0 fully saturated rings. The van der Waals surface area contributed by atoms with E-state index in [0.29, 0.717) is 6.04 Å². The summed E-state index contributed by atoms with van der Waals surface area (Å²) in [6, 6.07) is 4.44. The second-order valence-electron chi connectivity index (χ2n) is 3.78. The first-order valence-electron chi connectivity index (χ1n) is 5.68. The maximum Gasteiger partial charge on any atom is 0.121 e. The molecule has 1 unspecified atom stereocenters. The van der Waals surface area contributed by atoms with Crippen molar-refractivity contribution in [3.63, 3.8) is 0 Å². The molecule has 2 heteroatoms. The number of rotatable bonds is 7. The largest absolute Gasteiger partial charge is 0.465 e. The zero-order valence-corrected chi connectivity index (χ0v) is 9.75. The van der Waals surface area contributed by atoms with Gasteiger partial charge in [-0.2, -0.15) is 0 Å². The Morgan fingerprint density at radius 2 is 2.33 bits per heavy atom. The zero-order valence-electron chi connectivity index (χ0n) is 9.75. The lowest BCUT2D eigenvalue weighted by molar-refractivity contribution is 0.385. The maximum absolute atomic E-state index is 5.64. The van der Waals surface area contributed by atoms with Crippen LogP contribution in [0.5, 0.6) is 0 Å². The molecule has 84 valence electrons. The molecule has 1 N–H and O–H groups in total. The quantitative estimate of drug-likeness (QED) is 0.546. The standard InChI is InChI=1S/C13H21NO/c1-4-6-7-8-12(14-5-2)13-10-9-11(3)15-13/h4,9-10,12,14H,1,5-8H2,2-3H3. The smallest absolute Gasteiger partial charge is 0.121 e. The highest BCUT2D eigenvalue weighted by atomic mass is 16.3. The fraction of sp³-hybridized carbons (Fsp3) is 0.538. The van der Waals surface area contributed by atoms with Gasteiger partial charge in [0.2, 0.25) is 0 Å². The number of allylic oxidation sites excluding steroid dienone is 1. The van der Waals surface area contributed by atoms with E-state index >= 15 is 0 Å². The molecule has 0 aliphatic carbocycles. The highest BCUT2D eigenvalue weighted by Gasteiger charge is 2.12. The summed E-state index contributed by atoms with van der Waals surface area (Å²) in [6.07, 6.45) is 5.30. The third kappa shape index (κ3) is 3.92. The molecule has 1 heterocycles. The van der Waals surface area contributed by atoms with Crippen LogP contribution in [-0.4, -0.2) is 6.54 Å². The predicted molar refractivity (Wildman–Crippen MR) is 63.9 cm³/mol. The molecule has 0 aliphatic rings. The number of unbranched alkanes of at least 4 members (excludes halogenated alkanes) is 1. The molecule has 2 nitrogen and oxygen atoms in total. The molecule has 0 amide bonds. The minimum Gasteiger partial charge on any atom is -0.465 e. The van der Waals surface area contributed by atoms with Crippen molar-refractivity contribution < 1.29 is 4.42 Å². The molecule has 1 rings (SSSR count). The molecule has 0 aromatic carbocycles. The highest BCUT2D eigenvalue weighted by Crippen LogP contribution is 2.21. The fourth-order valence-electron chi connectivity index (χ4n) is 1.70. The monoisotopic (exact) mass is 207 g/mol. The van der Waals surface area contributed by atoms with Crippen molar-refractivity contribution in [1.29, 1.82) is 0 Å². The second kappa shape index (κ2) is 6.46. The van der Waals surface area contributed by atoms with Gasteiger partial charge in [-0.3, -0.25) is 0 Å². The number of aryl methyl sites for hydroxylation is 1. The molecular weight excluding hydrogens is 186 g/mol. The van der Waals surface area contributed by atoms with Crippen LogP contribution in [-0.2, 0) is 0 Å². The summed E-state index contributed by atoms with van der Waals surface area (Å²) < 4.78 is 5.64. The molecular formula is C13H21NO. The SMILES string of the molecule is C=CCCCC(NCC)c1ccc(C)o1. The summed E-state index contributed by atoms with van der Waals surface area (Å²) in [7, 11) is 0. The van der Waals surface area contributed by atoms with E-state index in [4.69, 9.17) is 4.42 Å². The molecule has 0 saturated carbocycles. The molecule has 0 aliphatic heterocycles. The van der Waals surface area contributed by atoms with Crippen LogP contribution < -0.4 is 5.32 Å². The molecule has 1 aromatic rings. The predicted octanol–water partition coefficient (Wildman–Crippen LogP) is 3.59. The molecule has 0 bridgehead atoms. The van der Waals surface area contributed by atoms with Crippen molar-refractivity contribution in [3.05, 3.63) is 36.3 Å². The van der Waals surface area contributed by atoms with Gasteiger partial charge in [0.05, 0.1) is 6.04 Å². The number of nitrogens with one attached hydrogen (secondary N) is 1. The van der Waals surface area contributed by atoms with E-state index < -0.39 is 0 Å². The lowest BCUT2D eigenvalue weighted by Crippen LogP contribution is -2.20. The number of hydrogen-bond donors (Lipinski definition) is 1. The minimum atomic E-state index is 0.351. The van der Waals surface area contributed by atoms with E-state index in [1.807, 2.05) is 19.1 Å². The van der Waals surface area contributed by atoms with E-state index in [2.05, 4.69) is 24.9 Å². The first-order valence-corrected chi connectivity index (χ1v) is 5.68. The van der Waals surface area contributed by atoms with Crippen LogP contribution >= 0.6 is 0 Å². The first-order chi connectivity index (χ1) is 7.27. The highest BCUT2D eigenvalue weighted by molar-refractivity contribution is 5.09. The van der Waals surface area contributed by atoms with Crippen molar-refractivity contribution in [3.8, 4) is 0 Å². The van der Waals surface area contributed by atoms with Crippen LogP contribution in [0.4, 0.5) is 0 Å². The summed E-state index contributed by atoms with van der Waals surface area (Å²) in [5.74, 6) is 2.04. The van der Waals surface area contributed by atoms with Crippen molar-refractivity contribution in [1.82, 2.24) is 5.32 Å². The Hall–Kier alpha value is -1.02. The van der Waals surface area contributed by atoms with Gasteiger partial charge in [0, 0.05) is 0 Å². The van der Waals surface area contributed by atoms with E-state index in [1.165, 1.54) is 0 Å². The molecule has 0 spiro atoms. The van der Waals surface area contributed by atoms with Gasteiger partial charge < -0.3 is 9.73 Å². The second-order valence-corrected chi connectivity index (χ2v) is 3.78. The Morgan fingerprint density at radius 3 is 2.87 bits per heavy atom. The minimum absolute atomic E-state index is 0.351. The maximum atomic E-state index is 5.64. The molecule has 0 radical (unpaired) electrons. The van der Waals surface area contributed by atoms with Crippen molar-refractivity contribution >= 4 is 0 Å². The van der Waals surface area contributed by atoms with Crippen LogP contribution in [0, 0.1) is 6.92 Å². The van der Waals surface area contributed by atoms with Crippen LogP contribution in [0.25, 0.3) is 0 Å². The Balaban J connectivity index is 2.52. The van der Waals surface area contributed by atoms with Gasteiger partial charge in [-0.25, -0.2) is 0 Å². The summed E-state index contributed by atoms with van der Waals surface area (Å²) >= 11 is 0. The normalized spacial score (nSPS) is 12.7. The van der Waals surface area contributed by atoms with E-state index in [9.17, 15) is 0 Å². The zero-order chi connectivity index (χ0) is 11.1. The van der Waals surface area contributed by atoms with Crippen molar-refractivity contribution in [2.24, 2.45) is 0 Å². The number of furan rings is 1. The lowest BCUT2D eigenvalue weighted by Gasteiger charge is -2.14. The van der Waals surface area contributed by atoms with Crippen LogP contribution in [0.15, 0.2) is 29.2 Å². The van der Waals surface area contributed by atoms with Crippen LogP contribution in [0.1, 0.15) is 43.7 Å². The Morgan fingerprint density at radius 1 is 1.53 bits per heavy atom. The summed E-state index contributed by atoms with van der Waals surface area (Å²) in [5, 5.41) is 3.44. The van der Waals surface area contributed by atoms with Crippen molar-refractivity contribution in [2.45, 2.75) is 39.2 Å². The third-order valence-corrected chi connectivity index (χ3v) is 2.46. The Kier molecular flexibility index (Phi) is 5.19. The Bertz CT molecular complexity index is 290. The van der Waals surface area contributed by atoms with E-state index in [1.54, 1.807) is 0 Å². The van der Waals surface area contributed by atoms with Crippen LogP contribution in [0.2, 0.25) is 0 Å². The topological polar surface area (TPSA) is 25.2 Å². The molecule has 1 atom stereocenters. The van der Waals surface area contributed by atoms with Crippen molar-refractivity contribution in [2.75, 3.05) is 6.54 Å². The number of hydrogen-bond acceptors (Lipinski definition) is 2. The third-order valence-electron chi connectivity index (χ3n) is 2.46. The lowest BCUT2D eigenvalue weighted by atomic mass is 10.1. The van der Waals surface area contributed by atoms with Gasteiger partial charge in [-0.05, 0) is 44.9 Å². The van der Waals surface area contributed by atoms with Gasteiger partial charge in [0.15, 0.2) is 0 Å². The molecule has 1 aromatic heterocycles. The molecule has 0 saturated heterocycles. The van der Waals surface area contributed by atoms with Gasteiger partial charge in [-0.15, -0.1) is 6.58 Å². The fourth-order valence-corrected chi connectivity index (χ4v) is 1.70. The molecule has 15 heavy (non-hydrogen) atoms. The van der Waals surface area contributed by atoms with E-state index in [-0.39, 0.29) is 0 Å². The van der Waals surface area contributed by atoms with E-state index in [0.717, 1.165) is 37.3 Å². The summed E-state index contributed by atoms with van der Waals surface area (Å²) in [6.45, 7) is 8.81. The van der Waals surface area contributed by atoms with Gasteiger partial charge in [0.25, 0.3) is 0 Å². The van der Waals surface area contributed by atoms with Gasteiger partial charge in [0.1, 0.15) is 11.5 Å². The summed E-state index contributed by atoms with van der Waals surface area (Å²) in [4.78, 5) is 0. The Labute approximate surface area is 92.4 Å². The van der Waals surface area contributed by atoms with Gasteiger partial charge >= 0.3 is 0 Å². The van der Waals surface area contributed by atoms with Gasteiger partial charge in [-0.1, -0.05) is 13.0 Å². The summed E-state index contributed by atoms with van der Waals surface area (Å²) in [5.41, 5.74) is 0. The first kappa shape index (κ1) is 12.1.